The van der Waals surface area contributed by atoms with E-state index in [1.54, 1.807) is 6.92 Å². The molecular weight excluding hydrogens is 282 g/mol. The Labute approximate surface area is 132 Å². The first-order chi connectivity index (χ1) is 9.69. The third kappa shape index (κ3) is 6.27. The molecule has 4 heteroatoms. The first-order valence-electron chi connectivity index (χ1n) is 8.60. The molecule has 3 nitrogen and oxygen atoms in total. The van der Waals surface area contributed by atoms with E-state index in [2.05, 4.69) is 33.0 Å². The fourth-order valence-corrected chi connectivity index (χ4v) is 4.49. The first-order valence-corrected chi connectivity index (χ1v) is 10.4. The van der Waals surface area contributed by atoms with E-state index in [1.165, 1.54) is 19.3 Å². The van der Waals surface area contributed by atoms with E-state index in [4.69, 9.17) is 0 Å². The third-order valence-corrected chi connectivity index (χ3v) is 7.00. The van der Waals surface area contributed by atoms with Crippen molar-refractivity contribution in [3.63, 3.8) is 0 Å². The molecule has 1 aliphatic carbocycles. The van der Waals surface area contributed by atoms with Crippen molar-refractivity contribution in [2.75, 3.05) is 24.6 Å². The molecule has 1 rings (SSSR count). The first kappa shape index (κ1) is 19.0. The molecule has 1 aliphatic rings. The highest BCUT2D eigenvalue weighted by Gasteiger charge is 2.35. The summed E-state index contributed by atoms with van der Waals surface area (Å²) in [5, 5.41) is 3.46. The van der Waals surface area contributed by atoms with Crippen LogP contribution in [0.2, 0.25) is 0 Å². The molecule has 126 valence electrons. The second-order valence-corrected chi connectivity index (χ2v) is 10.2. The van der Waals surface area contributed by atoms with Gasteiger partial charge in [0.15, 0.2) is 0 Å². The Balaban J connectivity index is 2.69. The molecule has 1 N–H and O–H groups in total. The lowest BCUT2D eigenvalue weighted by molar-refractivity contribution is 0.0957. The molecule has 0 aromatic carbocycles. The minimum absolute atomic E-state index is 0.278. The maximum atomic E-state index is 11.8. The molecule has 3 atom stereocenters. The molecule has 0 spiro atoms. The molecule has 3 unspecified atom stereocenters. The molecule has 0 aromatic heterocycles. The fourth-order valence-electron chi connectivity index (χ4n) is 3.54. The van der Waals surface area contributed by atoms with E-state index in [0.29, 0.717) is 23.0 Å². The van der Waals surface area contributed by atoms with Crippen LogP contribution in [0.5, 0.6) is 0 Å². The van der Waals surface area contributed by atoms with Crippen molar-refractivity contribution in [3.05, 3.63) is 0 Å². The summed E-state index contributed by atoms with van der Waals surface area (Å²) in [4.78, 5) is 0. The van der Waals surface area contributed by atoms with Gasteiger partial charge in [0.25, 0.3) is 0 Å². The Morgan fingerprint density at radius 2 is 1.76 bits per heavy atom. The van der Waals surface area contributed by atoms with E-state index in [0.717, 1.165) is 25.4 Å². The number of nitrogens with one attached hydrogen (secondary N) is 1. The van der Waals surface area contributed by atoms with Crippen molar-refractivity contribution in [1.82, 2.24) is 5.32 Å². The Kier molecular flexibility index (Phi) is 7.18. The molecule has 0 bridgehead atoms. The second kappa shape index (κ2) is 7.96. The lowest BCUT2D eigenvalue weighted by atomic mass is 9.65. The van der Waals surface area contributed by atoms with Crippen LogP contribution in [0.15, 0.2) is 0 Å². The van der Waals surface area contributed by atoms with Crippen molar-refractivity contribution < 1.29 is 8.42 Å². The monoisotopic (exact) mass is 317 g/mol. The van der Waals surface area contributed by atoms with Gasteiger partial charge in [0.1, 0.15) is 9.84 Å². The van der Waals surface area contributed by atoms with Gasteiger partial charge in [-0.15, -0.1) is 0 Å². The van der Waals surface area contributed by atoms with Crippen molar-refractivity contribution in [2.24, 2.45) is 23.2 Å². The average Bonchev–Trinajstić information content (AvgIpc) is 2.42. The van der Waals surface area contributed by atoms with E-state index < -0.39 is 9.84 Å². The predicted molar refractivity (Wildman–Crippen MR) is 91.3 cm³/mol. The Morgan fingerprint density at radius 3 is 2.29 bits per heavy atom. The maximum absolute atomic E-state index is 11.8. The van der Waals surface area contributed by atoms with Gasteiger partial charge in [-0.3, -0.25) is 0 Å². The van der Waals surface area contributed by atoms with Gasteiger partial charge in [0.05, 0.1) is 5.75 Å². The van der Waals surface area contributed by atoms with Gasteiger partial charge in [0.2, 0.25) is 0 Å². The zero-order valence-corrected chi connectivity index (χ0v) is 15.4. The van der Waals surface area contributed by atoms with Gasteiger partial charge in [0, 0.05) is 5.75 Å². The van der Waals surface area contributed by atoms with Crippen molar-refractivity contribution in [1.29, 1.82) is 0 Å². The van der Waals surface area contributed by atoms with Crippen LogP contribution < -0.4 is 5.32 Å². The van der Waals surface area contributed by atoms with Crippen LogP contribution in [-0.2, 0) is 9.84 Å². The van der Waals surface area contributed by atoms with E-state index in [-0.39, 0.29) is 5.75 Å². The lowest BCUT2D eigenvalue weighted by Crippen LogP contribution is -2.37. The standard InChI is InChI=1S/C17H35NO2S/c1-6-18-13-15-8-9-16(17(3,4)5)12-14(15)10-11-21(19,20)7-2/h14-16,18H,6-13H2,1-5H3. The lowest BCUT2D eigenvalue weighted by Gasteiger charge is -2.42. The normalized spacial score (nSPS) is 27.8. The topological polar surface area (TPSA) is 46.2 Å². The van der Waals surface area contributed by atoms with Gasteiger partial charge < -0.3 is 5.32 Å². The Bertz CT molecular complexity index is 398. The Morgan fingerprint density at radius 1 is 1.10 bits per heavy atom. The van der Waals surface area contributed by atoms with E-state index >= 15 is 0 Å². The largest absolute Gasteiger partial charge is 0.317 e. The number of hydrogen-bond donors (Lipinski definition) is 1. The molecule has 0 amide bonds. The number of sulfone groups is 1. The van der Waals surface area contributed by atoms with Crippen LogP contribution >= 0.6 is 0 Å². The van der Waals surface area contributed by atoms with E-state index in [9.17, 15) is 8.42 Å². The Hall–Kier alpha value is -0.0900. The van der Waals surface area contributed by atoms with E-state index in [1.807, 2.05) is 0 Å². The van der Waals surface area contributed by atoms with Crippen molar-refractivity contribution in [2.45, 2.75) is 60.3 Å². The molecule has 0 heterocycles. The number of rotatable bonds is 7. The summed E-state index contributed by atoms with van der Waals surface area (Å²) in [6.45, 7) is 12.9. The highest BCUT2D eigenvalue weighted by Crippen LogP contribution is 2.43. The van der Waals surface area contributed by atoms with Gasteiger partial charge in [-0.1, -0.05) is 34.6 Å². The summed E-state index contributed by atoms with van der Waals surface area (Å²) in [6, 6.07) is 0. The zero-order valence-electron chi connectivity index (χ0n) is 14.6. The predicted octanol–water partition coefficient (Wildman–Crippen LogP) is 3.50. The van der Waals surface area contributed by atoms with Crippen molar-refractivity contribution >= 4 is 9.84 Å². The zero-order chi connectivity index (χ0) is 16.1. The van der Waals surface area contributed by atoms with Gasteiger partial charge >= 0.3 is 0 Å². The second-order valence-electron chi connectivity index (χ2n) is 7.73. The molecule has 1 fully saturated rings. The molecule has 0 saturated heterocycles. The van der Waals surface area contributed by atoms with Crippen LogP contribution in [-0.4, -0.2) is 33.0 Å². The van der Waals surface area contributed by atoms with Crippen molar-refractivity contribution in [3.8, 4) is 0 Å². The highest BCUT2D eigenvalue weighted by atomic mass is 32.2. The SMILES string of the molecule is CCNCC1CCC(C(C)(C)C)CC1CCS(=O)(=O)CC. The molecule has 21 heavy (non-hydrogen) atoms. The minimum Gasteiger partial charge on any atom is -0.317 e. The summed E-state index contributed by atoms with van der Waals surface area (Å²) in [5.74, 6) is 2.58. The minimum atomic E-state index is -2.84. The highest BCUT2D eigenvalue weighted by molar-refractivity contribution is 7.91. The third-order valence-electron chi connectivity index (χ3n) is 5.26. The average molecular weight is 318 g/mol. The summed E-state index contributed by atoms with van der Waals surface area (Å²) in [5.41, 5.74) is 0.338. The summed E-state index contributed by atoms with van der Waals surface area (Å²) >= 11 is 0. The van der Waals surface area contributed by atoms with Gasteiger partial charge in [-0.2, -0.15) is 0 Å². The van der Waals surface area contributed by atoms with Crippen LogP contribution in [0.25, 0.3) is 0 Å². The summed E-state index contributed by atoms with van der Waals surface area (Å²) in [6.07, 6.45) is 4.57. The molecule has 0 radical (unpaired) electrons. The van der Waals surface area contributed by atoms with Crippen LogP contribution in [0.1, 0.15) is 60.3 Å². The molecule has 0 aliphatic heterocycles. The molecule has 0 aromatic rings. The maximum Gasteiger partial charge on any atom is 0.150 e. The van der Waals surface area contributed by atoms with Gasteiger partial charge in [-0.05, 0) is 61.9 Å². The van der Waals surface area contributed by atoms with Crippen LogP contribution in [0, 0.1) is 23.2 Å². The van der Waals surface area contributed by atoms with Gasteiger partial charge in [-0.25, -0.2) is 8.42 Å². The summed E-state index contributed by atoms with van der Waals surface area (Å²) in [7, 11) is -2.84. The molecule has 1 saturated carbocycles. The summed E-state index contributed by atoms with van der Waals surface area (Å²) < 4.78 is 23.7. The molecular formula is C17H35NO2S. The quantitative estimate of drug-likeness (QED) is 0.781. The fraction of sp³-hybridized carbons (Fsp3) is 1.00. The van der Waals surface area contributed by atoms with Crippen LogP contribution in [0.4, 0.5) is 0 Å². The van der Waals surface area contributed by atoms with Crippen LogP contribution in [0.3, 0.4) is 0 Å². The smallest absolute Gasteiger partial charge is 0.150 e. The number of hydrogen-bond acceptors (Lipinski definition) is 3.